The van der Waals surface area contributed by atoms with Crippen molar-refractivity contribution in [2.24, 2.45) is 5.73 Å². The molecule has 1 amide bonds. The number of aryl methyl sites for hydroxylation is 1. The third-order valence-electron chi connectivity index (χ3n) is 2.47. The number of nitrogens with two attached hydrogens (primary N) is 1. The predicted octanol–water partition coefficient (Wildman–Crippen LogP) is 0.0876. The summed E-state index contributed by atoms with van der Waals surface area (Å²) >= 11 is 0. The van der Waals surface area contributed by atoms with E-state index in [1.165, 1.54) is 12.3 Å². The molecule has 88 valence electrons. The van der Waals surface area contributed by atoms with E-state index >= 15 is 0 Å². The number of aromatic nitrogens is 1. The lowest BCUT2D eigenvalue weighted by Gasteiger charge is -2.05. The van der Waals surface area contributed by atoms with E-state index in [-0.39, 0.29) is 17.8 Å². The lowest BCUT2D eigenvalue weighted by Crippen LogP contribution is -2.21. The second-order valence-corrected chi connectivity index (χ2v) is 3.58. The zero-order chi connectivity index (χ0) is 12.6. The molecule has 0 saturated carbocycles. The number of fused-ring (bicyclic) bond motifs is 1. The molecule has 2 rings (SSSR count). The van der Waals surface area contributed by atoms with E-state index in [4.69, 9.17) is 15.3 Å². The van der Waals surface area contributed by atoms with E-state index in [0.29, 0.717) is 16.6 Å². The maximum Gasteiger partial charge on any atom is 0.349 e. The minimum absolute atomic E-state index is 0.238. The second-order valence-electron chi connectivity index (χ2n) is 3.58. The standard InChI is InChI=1S/C11H10N2O4/c1-5-9-7(6(4-14)3-13-5)2-8(10(12)15)11(16)17-9/h2-3,14H,4H2,1H3,(H2,12,15). The highest BCUT2D eigenvalue weighted by molar-refractivity contribution is 5.96. The Kier molecular flexibility index (Phi) is 2.64. The van der Waals surface area contributed by atoms with Gasteiger partial charge in [0, 0.05) is 17.1 Å². The summed E-state index contributed by atoms with van der Waals surface area (Å²) in [5, 5.41) is 9.62. The summed E-state index contributed by atoms with van der Waals surface area (Å²) in [6.07, 6.45) is 1.46. The fourth-order valence-corrected chi connectivity index (χ4v) is 1.58. The van der Waals surface area contributed by atoms with Crippen molar-refractivity contribution in [3.63, 3.8) is 0 Å². The average molecular weight is 234 g/mol. The number of carbonyl (C=O) groups excluding carboxylic acids is 1. The Balaban J connectivity index is 2.92. The molecule has 0 unspecified atom stereocenters. The van der Waals surface area contributed by atoms with Crippen LogP contribution in [0.1, 0.15) is 21.6 Å². The average Bonchev–Trinajstić information content (AvgIpc) is 2.29. The molecule has 0 radical (unpaired) electrons. The molecule has 0 spiro atoms. The molecule has 2 aromatic rings. The van der Waals surface area contributed by atoms with Crippen LogP contribution in [0.25, 0.3) is 11.0 Å². The van der Waals surface area contributed by atoms with E-state index in [1.54, 1.807) is 6.92 Å². The zero-order valence-electron chi connectivity index (χ0n) is 9.06. The van der Waals surface area contributed by atoms with Crippen molar-refractivity contribution in [3.05, 3.63) is 39.5 Å². The van der Waals surface area contributed by atoms with Gasteiger partial charge in [-0.05, 0) is 13.0 Å². The molecule has 6 nitrogen and oxygen atoms in total. The number of hydrogen-bond donors (Lipinski definition) is 2. The second kappa shape index (κ2) is 3.99. The van der Waals surface area contributed by atoms with Crippen LogP contribution >= 0.6 is 0 Å². The van der Waals surface area contributed by atoms with Crippen LogP contribution in [0, 0.1) is 6.92 Å². The molecule has 0 aliphatic heterocycles. The van der Waals surface area contributed by atoms with Crippen LogP contribution in [-0.4, -0.2) is 16.0 Å². The van der Waals surface area contributed by atoms with Gasteiger partial charge in [0.25, 0.3) is 5.91 Å². The summed E-state index contributed by atoms with van der Waals surface area (Å²) in [7, 11) is 0. The Hall–Kier alpha value is -2.21. The van der Waals surface area contributed by atoms with Gasteiger partial charge in [-0.3, -0.25) is 9.78 Å². The molecule has 0 saturated heterocycles. The molecule has 0 aromatic carbocycles. The summed E-state index contributed by atoms with van der Waals surface area (Å²) in [6, 6.07) is 1.32. The molecule has 17 heavy (non-hydrogen) atoms. The van der Waals surface area contributed by atoms with Gasteiger partial charge in [-0.25, -0.2) is 4.79 Å². The zero-order valence-corrected chi connectivity index (χ0v) is 9.06. The molecular weight excluding hydrogens is 224 g/mol. The summed E-state index contributed by atoms with van der Waals surface area (Å²) < 4.78 is 5.00. The molecule has 6 heteroatoms. The Labute approximate surface area is 95.7 Å². The normalized spacial score (nSPS) is 10.7. The highest BCUT2D eigenvalue weighted by atomic mass is 16.4. The van der Waals surface area contributed by atoms with Gasteiger partial charge in [0.15, 0.2) is 5.58 Å². The van der Waals surface area contributed by atoms with Crippen molar-refractivity contribution in [3.8, 4) is 0 Å². The van der Waals surface area contributed by atoms with Crippen LogP contribution in [0.2, 0.25) is 0 Å². The van der Waals surface area contributed by atoms with E-state index in [9.17, 15) is 9.59 Å². The largest absolute Gasteiger partial charge is 0.420 e. The van der Waals surface area contributed by atoms with Crippen molar-refractivity contribution in [1.82, 2.24) is 4.98 Å². The molecule has 3 N–H and O–H groups in total. The summed E-state index contributed by atoms with van der Waals surface area (Å²) in [5.41, 5.74) is 5.25. The number of aliphatic hydroxyl groups excluding tert-OH is 1. The quantitative estimate of drug-likeness (QED) is 0.765. The van der Waals surface area contributed by atoms with Crippen LogP contribution in [-0.2, 0) is 6.61 Å². The SMILES string of the molecule is Cc1ncc(CO)c2cc(C(N)=O)c(=O)oc12. The van der Waals surface area contributed by atoms with Crippen molar-refractivity contribution >= 4 is 16.9 Å². The minimum Gasteiger partial charge on any atom is -0.420 e. The number of primary amides is 1. The van der Waals surface area contributed by atoms with Gasteiger partial charge in [-0.1, -0.05) is 0 Å². The fraction of sp³-hybridized carbons (Fsp3) is 0.182. The van der Waals surface area contributed by atoms with Gasteiger partial charge in [0.2, 0.25) is 0 Å². The van der Waals surface area contributed by atoms with Gasteiger partial charge in [-0.2, -0.15) is 0 Å². The molecule has 0 atom stereocenters. The van der Waals surface area contributed by atoms with Crippen LogP contribution < -0.4 is 11.4 Å². The van der Waals surface area contributed by atoms with Crippen LogP contribution in [0.5, 0.6) is 0 Å². The maximum absolute atomic E-state index is 11.5. The van der Waals surface area contributed by atoms with E-state index in [0.717, 1.165) is 0 Å². The van der Waals surface area contributed by atoms with Gasteiger partial charge < -0.3 is 15.3 Å². The van der Waals surface area contributed by atoms with Crippen molar-refractivity contribution in [2.45, 2.75) is 13.5 Å². The Morgan fingerprint density at radius 1 is 1.59 bits per heavy atom. The van der Waals surface area contributed by atoms with E-state index < -0.39 is 11.5 Å². The summed E-state index contributed by atoms with van der Waals surface area (Å²) in [5.74, 6) is -0.862. The van der Waals surface area contributed by atoms with Crippen LogP contribution in [0.3, 0.4) is 0 Å². The molecule has 0 aliphatic carbocycles. The number of hydrogen-bond acceptors (Lipinski definition) is 5. The van der Waals surface area contributed by atoms with Crippen LogP contribution in [0.4, 0.5) is 0 Å². The Morgan fingerprint density at radius 3 is 2.88 bits per heavy atom. The monoisotopic (exact) mass is 234 g/mol. The third-order valence-corrected chi connectivity index (χ3v) is 2.47. The third kappa shape index (κ3) is 1.78. The minimum atomic E-state index is -0.862. The summed E-state index contributed by atoms with van der Waals surface area (Å²) in [4.78, 5) is 26.5. The number of amides is 1. The molecular formula is C11H10N2O4. The number of rotatable bonds is 2. The van der Waals surface area contributed by atoms with Gasteiger partial charge >= 0.3 is 5.63 Å². The van der Waals surface area contributed by atoms with Gasteiger partial charge in [0.05, 0.1) is 12.3 Å². The molecule has 0 aliphatic rings. The van der Waals surface area contributed by atoms with Gasteiger partial charge in [0.1, 0.15) is 5.56 Å². The highest BCUT2D eigenvalue weighted by Crippen LogP contribution is 2.20. The van der Waals surface area contributed by atoms with Crippen molar-refractivity contribution in [1.29, 1.82) is 0 Å². The highest BCUT2D eigenvalue weighted by Gasteiger charge is 2.14. The van der Waals surface area contributed by atoms with Crippen molar-refractivity contribution in [2.75, 3.05) is 0 Å². The Morgan fingerprint density at radius 2 is 2.29 bits per heavy atom. The van der Waals surface area contributed by atoms with Crippen LogP contribution in [0.15, 0.2) is 21.5 Å². The maximum atomic E-state index is 11.5. The molecule has 0 bridgehead atoms. The first-order valence-corrected chi connectivity index (χ1v) is 4.87. The number of pyridine rings is 1. The fourth-order valence-electron chi connectivity index (χ4n) is 1.58. The smallest absolute Gasteiger partial charge is 0.349 e. The topological polar surface area (TPSA) is 106 Å². The van der Waals surface area contributed by atoms with Gasteiger partial charge in [-0.15, -0.1) is 0 Å². The van der Waals surface area contributed by atoms with E-state index in [2.05, 4.69) is 4.98 Å². The number of aliphatic hydroxyl groups is 1. The van der Waals surface area contributed by atoms with E-state index in [1.807, 2.05) is 0 Å². The van der Waals surface area contributed by atoms with Crippen molar-refractivity contribution < 1.29 is 14.3 Å². The first-order valence-electron chi connectivity index (χ1n) is 4.87. The lowest BCUT2D eigenvalue weighted by molar-refractivity contribution is 0.0997. The first-order chi connectivity index (χ1) is 8.04. The molecule has 2 aromatic heterocycles. The number of nitrogens with zero attached hydrogens (tertiary/aromatic N) is 1. The summed E-state index contributed by atoms with van der Waals surface area (Å²) in [6.45, 7) is 1.39. The Bertz CT molecular complexity index is 660. The first kappa shape index (κ1) is 11.3. The molecule has 0 fully saturated rings. The number of carbonyl (C=O) groups is 1. The lowest BCUT2D eigenvalue weighted by atomic mass is 10.1. The molecule has 2 heterocycles. The predicted molar refractivity (Wildman–Crippen MR) is 59.5 cm³/mol.